The number of carbonyl (C=O) groups is 1. The zero-order valence-corrected chi connectivity index (χ0v) is 12.8. The van der Waals surface area contributed by atoms with E-state index in [0.717, 1.165) is 4.57 Å². The molecule has 2 aromatic rings. The molecular weight excluding hydrogens is 304 g/mol. The van der Waals surface area contributed by atoms with Gasteiger partial charge in [-0.25, -0.2) is 4.98 Å². The van der Waals surface area contributed by atoms with Gasteiger partial charge >= 0.3 is 12.5 Å². The summed E-state index contributed by atoms with van der Waals surface area (Å²) in [6.07, 6.45) is 1.07. The lowest BCUT2D eigenvalue weighted by atomic mass is 9.96. The van der Waals surface area contributed by atoms with Crippen LogP contribution in [0.4, 0.5) is 8.78 Å². The summed E-state index contributed by atoms with van der Waals surface area (Å²) >= 11 is 0. The number of rotatable bonds is 4. The predicted octanol–water partition coefficient (Wildman–Crippen LogP) is 3.29. The SMILES string of the molecule is CC(c1nc2ccccc2n1C(F)F)N1CCC(C(=O)O)CC1. The largest absolute Gasteiger partial charge is 0.481 e. The van der Waals surface area contributed by atoms with Gasteiger partial charge in [0.2, 0.25) is 0 Å². The van der Waals surface area contributed by atoms with Crippen LogP contribution in [0.5, 0.6) is 0 Å². The zero-order chi connectivity index (χ0) is 16.6. The molecule has 0 bridgehead atoms. The molecule has 1 unspecified atom stereocenters. The van der Waals surface area contributed by atoms with E-state index in [4.69, 9.17) is 5.11 Å². The fourth-order valence-corrected chi connectivity index (χ4v) is 3.26. The number of likely N-dealkylation sites (tertiary alicyclic amines) is 1. The Bertz CT molecular complexity index is 708. The summed E-state index contributed by atoms with van der Waals surface area (Å²) in [5.41, 5.74) is 0.972. The maximum atomic E-state index is 13.5. The molecule has 0 amide bonds. The molecule has 0 aliphatic carbocycles. The molecule has 0 radical (unpaired) electrons. The van der Waals surface area contributed by atoms with E-state index in [1.54, 1.807) is 24.3 Å². The van der Waals surface area contributed by atoms with E-state index in [-0.39, 0.29) is 12.0 Å². The van der Waals surface area contributed by atoms with E-state index in [1.807, 2.05) is 11.8 Å². The fourth-order valence-electron chi connectivity index (χ4n) is 3.26. The average Bonchev–Trinajstić information content (AvgIpc) is 2.93. The topological polar surface area (TPSA) is 58.4 Å². The standard InChI is InChI=1S/C16H19F2N3O2/c1-10(20-8-6-11(7-9-20)15(22)23)14-19-12-4-2-3-5-13(12)21(14)16(17)18/h2-5,10-11,16H,6-9H2,1H3,(H,22,23). The summed E-state index contributed by atoms with van der Waals surface area (Å²) < 4.78 is 28.0. The number of benzene rings is 1. The van der Waals surface area contributed by atoms with Crippen LogP contribution in [0.15, 0.2) is 24.3 Å². The molecule has 1 fully saturated rings. The minimum Gasteiger partial charge on any atom is -0.481 e. The molecule has 1 aliphatic rings. The molecule has 124 valence electrons. The van der Waals surface area contributed by atoms with Crippen molar-refractivity contribution in [1.82, 2.24) is 14.5 Å². The molecule has 5 nitrogen and oxygen atoms in total. The van der Waals surface area contributed by atoms with Gasteiger partial charge in [-0.1, -0.05) is 12.1 Å². The number of aromatic nitrogens is 2. The quantitative estimate of drug-likeness (QED) is 0.938. The van der Waals surface area contributed by atoms with Crippen molar-refractivity contribution in [1.29, 1.82) is 0 Å². The van der Waals surface area contributed by atoms with Crippen LogP contribution in [0.3, 0.4) is 0 Å². The van der Waals surface area contributed by atoms with Crippen LogP contribution in [-0.2, 0) is 4.79 Å². The first-order valence-corrected chi connectivity index (χ1v) is 7.71. The fraction of sp³-hybridized carbons (Fsp3) is 0.500. The number of piperidine rings is 1. The number of halogens is 2. The highest BCUT2D eigenvalue weighted by Crippen LogP contribution is 2.31. The van der Waals surface area contributed by atoms with Crippen molar-refractivity contribution in [2.45, 2.75) is 32.4 Å². The molecule has 7 heteroatoms. The second-order valence-corrected chi connectivity index (χ2v) is 5.93. The van der Waals surface area contributed by atoms with Crippen LogP contribution in [0, 0.1) is 5.92 Å². The van der Waals surface area contributed by atoms with E-state index in [9.17, 15) is 13.6 Å². The van der Waals surface area contributed by atoms with E-state index in [0.29, 0.717) is 42.8 Å². The van der Waals surface area contributed by atoms with Crippen molar-refractivity contribution >= 4 is 17.0 Å². The Morgan fingerprint density at radius 3 is 2.57 bits per heavy atom. The molecule has 1 aromatic heterocycles. The van der Waals surface area contributed by atoms with Crippen LogP contribution in [0.2, 0.25) is 0 Å². The Hall–Kier alpha value is -2.02. The van der Waals surface area contributed by atoms with Gasteiger partial charge in [0.15, 0.2) is 0 Å². The highest BCUT2D eigenvalue weighted by Gasteiger charge is 2.30. The number of hydrogen-bond donors (Lipinski definition) is 1. The summed E-state index contributed by atoms with van der Waals surface area (Å²) in [5, 5.41) is 9.06. The molecule has 1 aromatic carbocycles. The zero-order valence-electron chi connectivity index (χ0n) is 12.8. The monoisotopic (exact) mass is 323 g/mol. The first kappa shape index (κ1) is 15.9. The lowest BCUT2D eigenvalue weighted by Gasteiger charge is -2.34. The van der Waals surface area contributed by atoms with Crippen molar-refractivity contribution < 1.29 is 18.7 Å². The Morgan fingerprint density at radius 1 is 1.30 bits per heavy atom. The van der Waals surface area contributed by atoms with Crippen LogP contribution in [-0.4, -0.2) is 38.6 Å². The van der Waals surface area contributed by atoms with E-state index in [1.165, 1.54) is 0 Å². The van der Waals surface area contributed by atoms with Crippen molar-refractivity contribution in [3.8, 4) is 0 Å². The minimum absolute atomic E-state index is 0.286. The van der Waals surface area contributed by atoms with E-state index in [2.05, 4.69) is 4.98 Å². The summed E-state index contributed by atoms with van der Waals surface area (Å²) in [7, 11) is 0. The van der Waals surface area contributed by atoms with Crippen molar-refractivity contribution in [2.24, 2.45) is 5.92 Å². The molecule has 3 rings (SSSR count). The van der Waals surface area contributed by atoms with Gasteiger partial charge in [-0.2, -0.15) is 8.78 Å². The van der Waals surface area contributed by atoms with Gasteiger partial charge < -0.3 is 5.11 Å². The van der Waals surface area contributed by atoms with Crippen molar-refractivity contribution in [3.63, 3.8) is 0 Å². The number of nitrogens with zero attached hydrogens (tertiary/aromatic N) is 3. The third kappa shape index (κ3) is 2.93. The van der Waals surface area contributed by atoms with Gasteiger partial charge in [0.05, 0.1) is 23.0 Å². The Kier molecular flexibility index (Phi) is 4.30. The normalized spacial score (nSPS) is 18.6. The van der Waals surface area contributed by atoms with Crippen LogP contribution in [0.25, 0.3) is 11.0 Å². The summed E-state index contributed by atoms with van der Waals surface area (Å²) in [4.78, 5) is 17.4. The predicted molar refractivity (Wildman–Crippen MR) is 81.3 cm³/mol. The number of carboxylic acids is 1. The number of imidazole rings is 1. The van der Waals surface area contributed by atoms with Crippen LogP contribution < -0.4 is 0 Å². The van der Waals surface area contributed by atoms with Gasteiger partial charge in [-0.05, 0) is 45.0 Å². The Morgan fingerprint density at radius 2 is 1.96 bits per heavy atom. The molecular formula is C16H19F2N3O2. The van der Waals surface area contributed by atoms with Gasteiger partial charge in [-0.3, -0.25) is 14.3 Å². The number of hydrogen-bond acceptors (Lipinski definition) is 3. The third-order valence-corrected chi connectivity index (χ3v) is 4.62. The molecule has 1 aliphatic heterocycles. The molecule has 0 spiro atoms. The van der Waals surface area contributed by atoms with Gasteiger partial charge in [0.1, 0.15) is 5.82 Å². The summed E-state index contributed by atoms with van der Waals surface area (Å²) in [6.45, 7) is 0.340. The molecule has 1 saturated heterocycles. The van der Waals surface area contributed by atoms with E-state index >= 15 is 0 Å². The molecule has 2 heterocycles. The smallest absolute Gasteiger partial charge is 0.320 e. The summed E-state index contributed by atoms with van der Waals surface area (Å²) in [5.74, 6) is -0.792. The first-order valence-electron chi connectivity index (χ1n) is 7.71. The first-order chi connectivity index (χ1) is 11.0. The van der Waals surface area contributed by atoms with E-state index < -0.39 is 12.5 Å². The number of fused-ring (bicyclic) bond motifs is 1. The highest BCUT2D eigenvalue weighted by molar-refractivity contribution is 5.76. The number of carboxylic acid groups (broad SMARTS) is 1. The number of aliphatic carboxylic acids is 1. The molecule has 1 atom stereocenters. The van der Waals surface area contributed by atoms with Crippen molar-refractivity contribution in [2.75, 3.05) is 13.1 Å². The second kappa shape index (κ2) is 6.23. The summed E-state index contributed by atoms with van der Waals surface area (Å²) in [6, 6.07) is 6.57. The molecule has 1 N–H and O–H groups in total. The van der Waals surface area contributed by atoms with Crippen LogP contribution in [0.1, 0.15) is 38.2 Å². The second-order valence-electron chi connectivity index (χ2n) is 5.93. The minimum atomic E-state index is -2.66. The lowest BCUT2D eigenvalue weighted by molar-refractivity contribution is -0.143. The number of alkyl halides is 2. The van der Waals surface area contributed by atoms with Gasteiger partial charge in [0.25, 0.3) is 0 Å². The molecule has 23 heavy (non-hydrogen) atoms. The maximum absolute atomic E-state index is 13.5. The third-order valence-electron chi connectivity index (χ3n) is 4.62. The Labute approximate surface area is 132 Å². The van der Waals surface area contributed by atoms with Crippen molar-refractivity contribution in [3.05, 3.63) is 30.1 Å². The highest BCUT2D eigenvalue weighted by atomic mass is 19.3. The lowest BCUT2D eigenvalue weighted by Crippen LogP contribution is -2.38. The average molecular weight is 323 g/mol. The van der Waals surface area contributed by atoms with Gasteiger partial charge in [0, 0.05) is 0 Å². The molecule has 0 saturated carbocycles. The maximum Gasteiger partial charge on any atom is 0.320 e. The number of para-hydroxylation sites is 2. The van der Waals surface area contributed by atoms with Crippen LogP contribution >= 0.6 is 0 Å². The van der Waals surface area contributed by atoms with Gasteiger partial charge in [-0.15, -0.1) is 0 Å². The Balaban J connectivity index is 1.88.